The van der Waals surface area contributed by atoms with Crippen LogP contribution in [0.25, 0.3) is 0 Å². The van der Waals surface area contributed by atoms with Gasteiger partial charge in [-0.2, -0.15) is 0 Å². The van der Waals surface area contributed by atoms with Crippen molar-refractivity contribution in [2.24, 2.45) is 5.41 Å². The maximum atomic E-state index is 13.0. The van der Waals surface area contributed by atoms with E-state index < -0.39 is 17.2 Å². The Bertz CT molecular complexity index is 516. The molecule has 6 nitrogen and oxygen atoms in total. The Morgan fingerprint density at radius 1 is 1.29 bits per heavy atom. The van der Waals surface area contributed by atoms with E-state index >= 15 is 0 Å². The standard InChI is InChI=1S/C18H32N2O4/c1-16(2,3)13-19(8)14(21)18(7,10-9-12-11-23-12)20(13)15(22)24-17(4,5)6/h12-13H,9-11H2,1-8H3. The van der Waals surface area contributed by atoms with Gasteiger partial charge in [0.15, 0.2) is 0 Å². The molecule has 2 amide bonds. The molecule has 3 atom stereocenters. The van der Waals surface area contributed by atoms with Gasteiger partial charge in [0.2, 0.25) is 5.91 Å². The first-order valence-electron chi connectivity index (χ1n) is 8.68. The number of carbonyl (C=O) groups is 2. The summed E-state index contributed by atoms with van der Waals surface area (Å²) in [5.74, 6) is -0.0334. The van der Waals surface area contributed by atoms with Crippen molar-refractivity contribution in [1.29, 1.82) is 0 Å². The van der Waals surface area contributed by atoms with Crippen LogP contribution < -0.4 is 0 Å². The molecule has 2 aliphatic rings. The first kappa shape index (κ1) is 19.0. The quantitative estimate of drug-likeness (QED) is 0.741. The summed E-state index contributed by atoms with van der Waals surface area (Å²) in [6.07, 6.45) is 0.789. The summed E-state index contributed by atoms with van der Waals surface area (Å²) in [6, 6.07) is 0. The van der Waals surface area contributed by atoms with Crippen molar-refractivity contribution in [3.05, 3.63) is 0 Å². The second-order valence-corrected chi connectivity index (χ2v) is 9.27. The average molecular weight is 340 g/mol. The van der Waals surface area contributed by atoms with Gasteiger partial charge in [-0.15, -0.1) is 0 Å². The van der Waals surface area contributed by atoms with Gasteiger partial charge in [-0.1, -0.05) is 20.8 Å². The minimum Gasteiger partial charge on any atom is -0.444 e. The molecule has 6 heteroatoms. The molecular formula is C18H32N2O4. The Labute approximate surface area is 145 Å². The minimum atomic E-state index is -0.902. The van der Waals surface area contributed by atoms with E-state index in [1.807, 2.05) is 48.5 Å². The molecule has 138 valence electrons. The van der Waals surface area contributed by atoms with E-state index in [-0.39, 0.29) is 23.6 Å². The number of rotatable bonds is 3. The van der Waals surface area contributed by atoms with Gasteiger partial charge in [0.05, 0.1) is 12.7 Å². The zero-order valence-electron chi connectivity index (χ0n) is 16.3. The molecule has 2 fully saturated rings. The van der Waals surface area contributed by atoms with Crippen LogP contribution in [0.2, 0.25) is 0 Å². The second kappa shape index (κ2) is 5.90. The van der Waals surface area contributed by atoms with Crippen molar-refractivity contribution in [1.82, 2.24) is 9.80 Å². The lowest BCUT2D eigenvalue weighted by atomic mass is 9.89. The van der Waals surface area contributed by atoms with Crippen LogP contribution in [0.3, 0.4) is 0 Å². The summed E-state index contributed by atoms with van der Waals surface area (Å²) in [4.78, 5) is 29.4. The number of carbonyl (C=O) groups excluding carboxylic acids is 2. The van der Waals surface area contributed by atoms with Crippen LogP contribution in [0.1, 0.15) is 61.3 Å². The van der Waals surface area contributed by atoms with Crippen molar-refractivity contribution in [3.8, 4) is 0 Å². The Morgan fingerprint density at radius 2 is 1.83 bits per heavy atom. The summed E-state index contributed by atoms with van der Waals surface area (Å²) < 4.78 is 10.9. The first-order valence-corrected chi connectivity index (χ1v) is 8.68. The Balaban J connectivity index is 2.37. The Morgan fingerprint density at radius 3 is 2.25 bits per heavy atom. The van der Waals surface area contributed by atoms with Crippen molar-refractivity contribution in [2.75, 3.05) is 13.7 Å². The van der Waals surface area contributed by atoms with Crippen molar-refractivity contribution in [3.63, 3.8) is 0 Å². The predicted molar refractivity (Wildman–Crippen MR) is 91.5 cm³/mol. The molecule has 0 aromatic carbocycles. The van der Waals surface area contributed by atoms with Crippen molar-refractivity contribution >= 4 is 12.0 Å². The smallest absolute Gasteiger partial charge is 0.412 e. The van der Waals surface area contributed by atoms with Crippen LogP contribution in [0, 0.1) is 5.41 Å². The molecule has 0 saturated carbocycles. The molecule has 0 bridgehead atoms. The highest BCUT2D eigenvalue weighted by molar-refractivity contribution is 5.93. The average Bonchev–Trinajstić information content (AvgIpc) is 3.17. The van der Waals surface area contributed by atoms with E-state index in [0.29, 0.717) is 6.42 Å². The number of hydrogen-bond donors (Lipinski definition) is 0. The lowest BCUT2D eigenvalue weighted by Gasteiger charge is -2.42. The SMILES string of the molecule is CN1C(=O)C(C)(CCC2CO2)N(C(=O)OC(C)(C)C)C1C(C)(C)C. The maximum Gasteiger partial charge on any atom is 0.412 e. The fourth-order valence-corrected chi connectivity index (χ4v) is 3.52. The van der Waals surface area contributed by atoms with Crippen LogP contribution in [-0.2, 0) is 14.3 Å². The highest BCUT2D eigenvalue weighted by Crippen LogP contribution is 2.42. The summed E-state index contributed by atoms with van der Waals surface area (Å²) in [7, 11) is 1.77. The van der Waals surface area contributed by atoms with Gasteiger partial charge in [0.25, 0.3) is 0 Å². The van der Waals surface area contributed by atoms with E-state index in [0.717, 1.165) is 13.0 Å². The predicted octanol–water partition coefficient (Wildman–Crippen LogP) is 3.01. The molecule has 2 saturated heterocycles. The molecule has 2 heterocycles. The molecule has 0 aliphatic carbocycles. The molecule has 0 radical (unpaired) electrons. The van der Waals surface area contributed by atoms with Crippen molar-refractivity contribution in [2.45, 2.75) is 84.7 Å². The third-order valence-corrected chi connectivity index (χ3v) is 4.64. The summed E-state index contributed by atoms with van der Waals surface area (Å²) in [5.41, 5.74) is -1.79. The summed E-state index contributed by atoms with van der Waals surface area (Å²) >= 11 is 0. The van der Waals surface area contributed by atoms with Crippen LogP contribution in [0.5, 0.6) is 0 Å². The Hall–Kier alpha value is -1.30. The number of hydrogen-bond acceptors (Lipinski definition) is 4. The number of likely N-dealkylation sites (N-methyl/N-ethyl adjacent to an activating group) is 1. The van der Waals surface area contributed by atoms with E-state index in [1.165, 1.54) is 0 Å². The zero-order chi connectivity index (χ0) is 18.5. The number of nitrogens with zero attached hydrogens (tertiary/aromatic N) is 2. The molecule has 0 aromatic rings. The van der Waals surface area contributed by atoms with Crippen LogP contribution in [0.4, 0.5) is 4.79 Å². The Kier molecular flexibility index (Phi) is 4.68. The van der Waals surface area contributed by atoms with Crippen LogP contribution >= 0.6 is 0 Å². The maximum absolute atomic E-state index is 13.0. The normalized spacial score (nSPS) is 30.8. The van der Waals surface area contributed by atoms with E-state index in [2.05, 4.69) is 0 Å². The third-order valence-electron chi connectivity index (χ3n) is 4.64. The van der Waals surface area contributed by atoms with Crippen LogP contribution in [-0.4, -0.2) is 58.9 Å². The topological polar surface area (TPSA) is 62.4 Å². The minimum absolute atomic E-state index is 0.0334. The van der Waals surface area contributed by atoms with Gasteiger partial charge in [0, 0.05) is 12.5 Å². The number of ether oxygens (including phenoxy) is 2. The third kappa shape index (κ3) is 3.68. The van der Waals surface area contributed by atoms with Crippen molar-refractivity contribution < 1.29 is 19.1 Å². The lowest BCUT2D eigenvalue weighted by molar-refractivity contribution is -0.133. The van der Waals surface area contributed by atoms with Gasteiger partial charge < -0.3 is 14.4 Å². The van der Waals surface area contributed by atoms with Gasteiger partial charge >= 0.3 is 6.09 Å². The first-order chi connectivity index (χ1) is 10.8. The van der Waals surface area contributed by atoms with E-state index in [1.54, 1.807) is 16.8 Å². The molecule has 0 N–H and O–H groups in total. The van der Waals surface area contributed by atoms with Gasteiger partial charge in [0.1, 0.15) is 17.3 Å². The van der Waals surface area contributed by atoms with Gasteiger partial charge in [-0.3, -0.25) is 9.69 Å². The molecule has 0 aromatic heterocycles. The summed E-state index contributed by atoms with van der Waals surface area (Å²) in [5, 5.41) is 0. The highest BCUT2D eigenvalue weighted by Gasteiger charge is 2.59. The summed E-state index contributed by atoms with van der Waals surface area (Å²) in [6.45, 7) is 14.2. The fourth-order valence-electron chi connectivity index (χ4n) is 3.52. The molecular weight excluding hydrogens is 308 g/mol. The van der Waals surface area contributed by atoms with E-state index in [9.17, 15) is 9.59 Å². The second-order valence-electron chi connectivity index (χ2n) is 9.27. The monoisotopic (exact) mass is 340 g/mol. The molecule has 0 spiro atoms. The lowest BCUT2D eigenvalue weighted by Crippen LogP contribution is -2.56. The van der Waals surface area contributed by atoms with Gasteiger partial charge in [-0.05, 0) is 40.5 Å². The number of amides is 2. The number of epoxide rings is 1. The zero-order valence-corrected chi connectivity index (χ0v) is 16.3. The largest absolute Gasteiger partial charge is 0.444 e. The molecule has 2 aliphatic heterocycles. The molecule has 3 unspecified atom stereocenters. The molecule has 2 rings (SSSR count). The van der Waals surface area contributed by atoms with E-state index in [4.69, 9.17) is 9.47 Å². The van der Waals surface area contributed by atoms with Gasteiger partial charge in [-0.25, -0.2) is 4.79 Å². The highest BCUT2D eigenvalue weighted by atomic mass is 16.6. The van der Waals surface area contributed by atoms with Crippen LogP contribution in [0.15, 0.2) is 0 Å². The fraction of sp³-hybridized carbons (Fsp3) is 0.889. The molecule has 24 heavy (non-hydrogen) atoms.